The van der Waals surface area contributed by atoms with Crippen molar-refractivity contribution < 1.29 is 36.7 Å². The minimum atomic E-state index is -4.22. The summed E-state index contributed by atoms with van der Waals surface area (Å²) in [6.07, 6.45) is 5.51. The van der Waals surface area contributed by atoms with Crippen LogP contribution < -0.4 is 0 Å². The zero-order valence-electron chi connectivity index (χ0n) is 18.1. The molecule has 0 N–H and O–H groups in total. The first kappa shape index (κ1) is 28.0. The topological polar surface area (TPSA) is 44.9 Å². The van der Waals surface area contributed by atoms with Crippen LogP contribution in [0.5, 0.6) is 0 Å². The van der Waals surface area contributed by atoms with E-state index in [1.165, 1.54) is 6.20 Å². The number of rotatable bonds is 4. The van der Waals surface area contributed by atoms with Gasteiger partial charge in [0.15, 0.2) is 6.67 Å². The van der Waals surface area contributed by atoms with E-state index in [1.807, 2.05) is 38.1 Å². The standard InChI is InChI=1S/C9H10FIO.C6H6F4N2.C5H5F3N2/c1-9(2)7-5-3-4-6-8(7)11(10)12-9;1-5(7,8)6(9,10)12-3-2-11-4-12;6-3-5(7,8)10-2-1-9-4-10/h3-6H,1-2H3;2-4H,1H3;1-2,4H,3H2. The summed E-state index contributed by atoms with van der Waals surface area (Å²) in [5, 5.41) is 0. The van der Waals surface area contributed by atoms with E-state index in [2.05, 4.69) is 9.97 Å². The van der Waals surface area contributed by atoms with Crippen LogP contribution in [0.4, 0.5) is 33.6 Å². The molecule has 0 amide bonds. The molecule has 0 fully saturated rings. The van der Waals surface area contributed by atoms with E-state index in [0.29, 0.717) is 10.9 Å². The molecule has 1 aliphatic rings. The predicted molar refractivity (Wildman–Crippen MR) is 116 cm³/mol. The van der Waals surface area contributed by atoms with Gasteiger partial charge in [0.2, 0.25) is 0 Å². The molecule has 0 aliphatic carbocycles. The van der Waals surface area contributed by atoms with Crippen LogP contribution >= 0.6 is 20.8 Å². The van der Waals surface area contributed by atoms with Crippen molar-refractivity contribution in [2.24, 2.45) is 0 Å². The second-order valence-corrected chi connectivity index (χ2v) is 10.2. The number of imidazole rings is 2. The Morgan fingerprint density at radius 2 is 1.47 bits per heavy atom. The molecule has 3 aromatic rings. The summed E-state index contributed by atoms with van der Waals surface area (Å²) in [4.78, 5) is 6.60. The van der Waals surface area contributed by atoms with Crippen LogP contribution in [0.1, 0.15) is 26.3 Å². The average molecular weight is 612 g/mol. The molecule has 34 heavy (non-hydrogen) atoms. The Kier molecular flexibility index (Phi) is 8.72. The molecule has 5 nitrogen and oxygen atoms in total. The molecular weight excluding hydrogens is 591 g/mol. The molecule has 14 heteroatoms. The zero-order chi connectivity index (χ0) is 25.8. The van der Waals surface area contributed by atoms with Crippen molar-refractivity contribution in [3.63, 3.8) is 0 Å². The van der Waals surface area contributed by atoms with Gasteiger partial charge in [-0.1, -0.05) is 0 Å². The predicted octanol–water partition coefficient (Wildman–Crippen LogP) is 6.92. The third-order valence-corrected chi connectivity index (χ3v) is 7.69. The number of aromatic nitrogens is 4. The van der Waals surface area contributed by atoms with E-state index in [4.69, 9.17) is 3.07 Å². The smallest absolute Gasteiger partial charge is 0.275 e. The Morgan fingerprint density at radius 1 is 0.941 bits per heavy atom. The van der Waals surface area contributed by atoms with Crippen LogP contribution in [0.15, 0.2) is 61.7 Å². The van der Waals surface area contributed by atoms with Crippen molar-refractivity contribution in [1.29, 1.82) is 0 Å². The summed E-state index contributed by atoms with van der Waals surface area (Å²) in [5.41, 5.74) is 0.619. The molecule has 0 unspecified atom stereocenters. The van der Waals surface area contributed by atoms with Gasteiger partial charge in [0.05, 0.1) is 12.7 Å². The van der Waals surface area contributed by atoms with E-state index >= 15 is 0 Å². The van der Waals surface area contributed by atoms with Gasteiger partial charge >= 0.3 is 97.6 Å². The average Bonchev–Trinajstić information content (AvgIpc) is 3.51. The third kappa shape index (κ3) is 6.46. The fourth-order valence-corrected chi connectivity index (χ4v) is 5.72. The summed E-state index contributed by atoms with van der Waals surface area (Å²) in [6.45, 7) is 2.29. The maximum atomic E-state index is 13.3. The Labute approximate surface area is 198 Å². The van der Waals surface area contributed by atoms with E-state index < -0.39 is 51.1 Å². The normalized spacial score (nSPS) is 16.1. The number of alkyl halides is 7. The molecular formula is C20H21F8IN4O. The van der Waals surface area contributed by atoms with Gasteiger partial charge < -0.3 is 0 Å². The van der Waals surface area contributed by atoms with Crippen molar-refractivity contribution in [3.05, 3.63) is 70.8 Å². The summed E-state index contributed by atoms with van der Waals surface area (Å²) < 4.78 is 106. The Hall–Kier alpha value is -2.23. The third-order valence-electron chi connectivity index (χ3n) is 4.34. The number of halogens is 9. The monoisotopic (exact) mass is 612 g/mol. The van der Waals surface area contributed by atoms with Gasteiger partial charge in [0.1, 0.15) is 0 Å². The van der Waals surface area contributed by atoms with Gasteiger partial charge in [-0.15, -0.1) is 0 Å². The SMILES string of the molecule is CC(F)(F)C(F)(F)n1ccnc1.CC1(C)OI(F)c2ccccc21.FCC(F)(F)n1ccnc1. The Morgan fingerprint density at radius 3 is 1.91 bits per heavy atom. The first-order chi connectivity index (χ1) is 15.6. The molecule has 0 radical (unpaired) electrons. The van der Waals surface area contributed by atoms with Crippen LogP contribution in [-0.2, 0) is 20.8 Å². The van der Waals surface area contributed by atoms with Gasteiger partial charge in [0, 0.05) is 31.7 Å². The van der Waals surface area contributed by atoms with Gasteiger partial charge in [-0.3, -0.25) is 9.13 Å². The van der Waals surface area contributed by atoms with E-state index in [-0.39, 0.29) is 11.5 Å². The molecule has 0 bridgehead atoms. The number of hydrogen-bond acceptors (Lipinski definition) is 3. The van der Waals surface area contributed by atoms with Crippen molar-refractivity contribution in [1.82, 2.24) is 19.1 Å². The largest absolute Gasteiger partial charge is 0.358 e. The molecule has 0 spiro atoms. The number of nitrogens with zero attached hydrogens (tertiary/aromatic N) is 4. The van der Waals surface area contributed by atoms with Crippen LogP contribution in [-0.4, -0.2) is 31.7 Å². The molecule has 0 saturated heterocycles. The molecule has 1 aromatic carbocycles. The fourth-order valence-electron chi connectivity index (χ4n) is 2.51. The Balaban J connectivity index is 0.000000181. The number of benzene rings is 1. The molecule has 190 valence electrons. The summed E-state index contributed by atoms with van der Waals surface area (Å²) in [5.74, 6) is -4.09. The van der Waals surface area contributed by atoms with E-state index in [1.54, 1.807) is 0 Å². The van der Waals surface area contributed by atoms with Crippen molar-refractivity contribution >= 4 is 20.8 Å². The maximum absolute atomic E-state index is 13.3. The second kappa shape index (κ2) is 10.6. The summed E-state index contributed by atoms with van der Waals surface area (Å²) in [7, 11) is 0. The number of hydrogen-bond donors (Lipinski definition) is 0. The number of fused-ring (bicyclic) bond motifs is 1. The molecule has 1 aliphatic heterocycles. The molecule has 0 atom stereocenters. The van der Waals surface area contributed by atoms with Crippen LogP contribution in [0.25, 0.3) is 0 Å². The van der Waals surface area contributed by atoms with Gasteiger partial charge in [-0.05, 0) is 0 Å². The molecule has 4 rings (SSSR count). The Bertz CT molecular complexity index is 1020. The van der Waals surface area contributed by atoms with Gasteiger partial charge in [-0.2, -0.15) is 26.3 Å². The van der Waals surface area contributed by atoms with E-state index in [0.717, 1.165) is 34.1 Å². The van der Waals surface area contributed by atoms with Crippen LogP contribution in [0.2, 0.25) is 0 Å². The maximum Gasteiger partial charge on any atom is 0.358 e. The second-order valence-electron chi connectivity index (χ2n) is 7.44. The fraction of sp³-hybridized carbons (Fsp3) is 0.400. The van der Waals surface area contributed by atoms with E-state index in [9.17, 15) is 33.6 Å². The van der Waals surface area contributed by atoms with Crippen LogP contribution in [0.3, 0.4) is 0 Å². The van der Waals surface area contributed by atoms with Gasteiger partial charge in [0.25, 0.3) is 0 Å². The summed E-state index contributed by atoms with van der Waals surface area (Å²) >= 11 is -2.74. The van der Waals surface area contributed by atoms with Crippen molar-refractivity contribution in [2.75, 3.05) is 6.67 Å². The molecule has 3 heterocycles. The minimum Gasteiger partial charge on any atom is -0.275 e. The molecule has 2 aromatic heterocycles. The quantitative estimate of drug-likeness (QED) is 0.238. The zero-order valence-corrected chi connectivity index (χ0v) is 20.2. The van der Waals surface area contributed by atoms with Gasteiger partial charge in [-0.25, -0.2) is 14.4 Å². The van der Waals surface area contributed by atoms with Crippen LogP contribution in [0, 0.1) is 3.57 Å². The summed E-state index contributed by atoms with van der Waals surface area (Å²) in [6, 6.07) is -0.0752. The first-order valence-electron chi connectivity index (χ1n) is 9.45. The molecule has 0 saturated carbocycles. The first-order valence-corrected chi connectivity index (χ1v) is 12.2. The van der Waals surface area contributed by atoms with Crippen molar-refractivity contribution in [2.45, 2.75) is 44.4 Å². The minimum absolute atomic E-state index is 0.0764. The van der Waals surface area contributed by atoms with Crippen molar-refractivity contribution in [3.8, 4) is 0 Å².